The summed E-state index contributed by atoms with van der Waals surface area (Å²) in [6, 6.07) is 12.1. The van der Waals surface area contributed by atoms with Gasteiger partial charge in [-0.3, -0.25) is 0 Å². The first-order valence-corrected chi connectivity index (χ1v) is 12.8. The Morgan fingerprint density at radius 2 is 1.71 bits per heavy atom. The molecule has 0 unspecified atom stereocenters. The minimum absolute atomic E-state index is 0.0475. The lowest BCUT2D eigenvalue weighted by Gasteiger charge is -2.19. The molecule has 7 nitrogen and oxygen atoms in total. The first kappa shape index (κ1) is 23.2. The van der Waals surface area contributed by atoms with Crippen LogP contribution < -0.4 is 14.2 Å². The van der Waals surface area contributed by atoms with Crippen molar-refractivity contribution >= 4 is 31.2 Å². The predicted octanol–water partition coefficient (Wildman–Crippen LogP) is 3.40. The van der Waals surface area contributed by atoms with Gasteiger partial charge in [0.25, 0.3) is 0 Å². The molecule has 0 radical (unpaired) electrons. The Kier molecular flexibility index (Phi) is 6.99. The van der Waals surface area contributed by atoms with Crippen molar-refractivity contribution in [2.75, 3.05) is 20.8 Å². The molecule has 0 bridgehead atoms. The summed E-state index contributed by atoms with van der Waals surface area (Å²) in [7, 11) is -5.32. The molecule has 0 spiro atoms. The monoisotopic (exact) mass is 485 g/mol. The largest absolute Gasteiger partial charge is 0.497 e. The van der Waals surface area contributed by atoms with E-state index in [2.05, 4.69) is 4.72 Å². The average Bonchev–Trinajstić information content (AvgIpc) is 3.30. The normalized spacial score (nSPS) is 13.0. The van der Waals surface area contributed by atoms with Crippen LogP contribution in [0.25, 0.3) is 0 Å². The molecule has 31 heavy (non-hydrogen) atoms. The standard InChI is InChI=1S/C20H20FNO6S3/c1-27-16-9-10-18(17(12-16)28-2)31(25,26)22-13-19(14-5-7-15(21)8-6-14)30(23,24)20-4-3-11-29-20/h3-12,19,22H,13H2,1-2H3/t19-/m1/s1. The van der Waals surface area contributed by atoms with Gasteiger partial charge in [-0.05, 0) is 41.3 Å². The van der Waals surface area contributed by atoms with Gasteiger partial charge in [-0.25, -0.2) is 25.9 Å². The van der Waals surface area contributed by atoms with Crippen molar-refractivity contribution in [2.24, 2.45) is 0 Å². The van der Waals surface area contributed by atoms with E-state index in [0.29, 0.717) is 5.75 Å². The third kappa shape index (κ3) is 5.06. The van der Waals surface area contributed by atoms with Gasteiger partial charge in [0.2, 0.25) is 10.0 Å². The number of sulfonamides is 1. The fraction of sp³-hybridized carbons (Fsp3) is 0.200. The second kappa shape index (κ2) is 9.35. The minimum Gasteiger partial charge on any atom is -0.497 e. The quantitative estimate of drug-likeness (QED) is 0.499. The van der Waals surface area contributed by atoms with Crippen molar-refractivity contribution in [3.05, 3.63) is 71.4 Å². The first-order valence-electron chi connectivity index (χ1n) is 8.93. The van der Waals surface area contributed by atoms with Crippen LogP contribution in [0.3, 0.4) is 0 Å². The van der Waals surface area contributed by atoms with Crippen molar-refractivity contribution in [1.29, 1.82) is 0 Å². The Labute approximate surface area is 184 Å². The summed E-state index contributed by atoms with van der Waals surface area (Å²) < 4.78 is 78.3. The van der Waals surface area contributed by atoms with Crippen LogP contribution in [-0.2, 0) is 19.9 Å². The van der Waals surface area contributed by atoms with E-state index in [9.17, 15) is 21.2 Å². The molecule has 1 aromatic heterocycles. The lowest BCUT2D eigenvalue weighted by Crippen LogP contribution is -2.32. The second-order valence-electron chi connectivity index (χ2n) is 6.39. The lowest BCUT2D eigenvalue weighted by atomic mass is 10.1. The van der Waals surface area contributed by atoms with Crippen LogP contribution in [0.15, 0.2) is 69.1 Å². The van der Waals surface area contributed by atoms with Crippen LogP contribution in [0.5, 0.6) is 11.5 Å². The van der Waals surface area contributed by atoms with Crippen LogP contribution in [0, 0.1) is 5.82 Å². The van der Waals surface area contributed by atoms with E-state index in [1.165, 1.54) is 50.6 Å². The number of ether oxygens (including phenoxy) is 2. The number of benzene rings is 2. The van der Waals surface area contributed by atoms with Gasteiger partial charge in [0, 0.05) is 12.6 Å². The molecule has 2 aromatic carbocycles. The van der Waals surface area contributed by atoms with E-state index in [1.54, 1.807) is 11.4 Å². The molecule has 1 heterocycles. The smallest absolute Gasteiger partial charge is 0.244 e. The van der Waals surface area contributed by atoms with Gasteiger partial charge in [0.1, 0.15) is 31.7 Å². The maximum Gasteiger partial charge on any atom is 0.244 e. The fourth-order valence-corrected chi connectivity index (χ4v) is 7.08. The van der Waals surface area contributed by atoms with E-state index < -0.39 is 37.5 Å². The molecule has 1 N–H and O–H groups in total. The summed E-state index contributed by atoms with van der Waals surface area (Å²) >= 11 is 1.02. The average molecular weight is 486 g/mol. The molecule has 166 valence electrons. The predicted molar refractivity (Wildman–Crippen MR) is 115 cm³/mol. The van der Waals surface area contributed by atoms with E-state index in [-0.39, 0.29) is 20.4 Å². The number of thiophene rings is 1. The van der Waals surface area contributed by atoms with Crippen LogP contribution in [0.4, 0.5) is 4.39 Å². The summed E-state index contributed by atoms with van der Waals surface area (Å²) in [5.41, 5.74) is 0.263. The molecule has 1 atom stereocenters. The molecule has 0 saturated heterocycles. The van der Waals surface area contributed by atoms with Crippen LogP contribution in [0.2, 0.25) is 0 Å². The van der Waals surface area contributed by atoms with E-state index in [1.807, 2.05) is 0 Å². The van der Waals surface area contributed by atoms with Gasteiger partial charge in [0.15, 0.2) is 9.84 Å². The summed E-state index contributed by atoms with van der Waals surface area (Å²) in [5, 5.41) is 0.354. The SMILES string of the molecule is COc1ccc(S(=O)(=O)NC[C@H](c2ccc(F)cc2)S(=O)(=O)c2cccs2)c(OC)c1. The molecular formula is C20H20FNO6S3. The number of nitrogens with one attached hydrogen (secondary N) is 1. The fourth-order valence-electron chi connectivity index (χ4n) is 2.91. The zero-order valence-corrected chi connectivity index (χ0v) is 19.1. The number of hydrogen-bond donors (Lipinski definition) is 1. The van der Waals surface area contributed by atoms with E-state index in [0.717, 1.165) is 23.5 Å². The van der Waals surface area contributed by atoms with Crippen LogP contribution in [0.1, 0.15) is 10.8 Å². The van der Waals surface area contributed by atoms with Gasteiger partial charge in [-0.15, -0.1) is 11.3 Å². The molecule has 0 aliphatic heterocycles. The van der Waals surface area contributed by atoms with Crippen molar-refractivity contribution in [3.8, 4) is 11.5 Å². The van der Waals surface area contributed by atoms with Gasteiger partial charge in [-0.2, -0.15) is 0 Å². The molecule has 0 aliphatic carbocycles. The molecule has 3 aromatic rings. The van der Waals surface area contributed by atoms with Gasteiger partial charge in [0.05, 0.1) is 14.2 Å². The minimum atomic E-state index is -4.13. The first-order chi connectivity index (χ1) is 14.7. The highest BCUT2D eigenvalue weighted by Gasteiger charge is 2.32. The highest BCUT2D eigenvalue weighted by atomic mass is 32.2. The van der Waals surface area contributed by atoms with Crippen molar-refractivity contribution in [1.82, 2.24) is 4.72 Å². The van der Waals surface area contributed by atoms with Crippen molar-refractivity contribution in [3.63, 3.8) is 0 Å². The number of halogens is 1. The Bertz CT molecular complexity index is 1240. The topological polar surface area (TPSA) is 98.8 Å². The molecular weight excluding hydrogens is 465 g/mol. The molecule has 0 amide bonds. The molecule has 0 aliphatic rings. The Morgan fingerprint density at radius 3 is 2.29 bits per heavy atom. The summed E-state index contributed by atoms with van der Waals surface area (Å²) in [6.45, 7) is -0.455. The summed E-state index contributed by atoms with van der Waals surface area (Å²) in [5.74, 6) is -0.0777. The van der Waals surface area contributed by atoms with Gasteiger partial charge < -0.3 is 9.47 Å². The Balaban J connectivity index is 1.96. The maximum atomic E-state index is 13.4. The number of rotatable bonds is 9. The molecule has 0 fully saturated rings. The van der Waals surface area contributed by atoms with Crippen LogP contribution in [-0.4, -0.2) is 37.6 Å². The zero-order valence-electron chi connectivity index (χ0n) is 16.6. The number of hydrogen-bond acceptors (Lipinski definition) is 7. The summed E-state index contributed by atoms with van der Waals surface area (Å²) in [6.07, 6.45) is 0. The summed E-state index contributed by atoms with van der Waals surface area (Å²) in [4.78, 5) is -0.165. The van der Waals surface area contributed by atoms with Crippen molar-refractivity contribution in [2.45, 2.75) is 14.4 Å². The third-order valence-electron chi connectivity index (χ3n) is 4.51. The third-order valence-corrected chi connectivity index (χ3v) is 9.51. The second-order valence-corrected chi connectivity index (χ2v) is 11.4. The number of methoxy groups -OCH3 is 2. The number of sulfone groups is 1. The lowest BCUT2D eigenvalue weighted by molar-refractivity contribution is 0.386. The zero-order chi connectivity index (χ0) is 22.6. The van der Waals surface area contributed by atoms with E-state index in [4.69, 9.17) is 9.47 Å². The van der Waals surface area contributed by atoms with E-state index >= 15 is 0 Å². The van der Waals surface area contributed by atoms with Crippen LogP contribution >= 0.6 is 11.3 Å². The highest BCUT2D eigenvalue weighted by Crippen LogP contribution is 2.33. The molecule has 3 rings (SSSR count). The van der Waals surface area contributed by atoms with Gasteiger partial charge in [-0.1, -0.05) is 18.2 Å². The van der Waals surface area contributed by atoms with Crippen molar-refractivity contribution < 1.29 is 30.7 Å². The molecule has 11 heteroatoms. The molecule has 0 saturated carbocycles. The highest BCUT2D eigenvalue weighted by molar-refractivity contribution is 7.93. The maximum absolute atomic E-state index is 13.4. The Hall–Kier alpha value is -2.47. The Morgan fingerprint density at radius 1 is 1.00 bits per heavy atom. The van der Waals surface area contributed by atoms with Gasteiger partial charge >= 0.3 is 0 Å².